The van der Waals surface area contributed by atoms with E-state index < -0.39 is 10.8 Å². The molecule has 28 heavy (non-hydrogen) atoms. The summed E-state index contributed by atoms with van der Waals surface area (Å²) < 4.78 is 10.7. The van der Waals surface area contributed by atoms with Crippen molar-refractivity contribution < 1.29 is 24.3 Å². The highest BCUT2D eigenvalue weighted by molar-refractivity contribution is 5.86. The van der Waals surface area contributed by atoms with Gasteiger partial charge in [-0.25, -0.2) is 5.43 Å². The number of hydrogen-bond donors (Lipinski definition) is 2. The quantitative estimate of drug-likeness (QED) is 0.296. The molecule has 0 aromatic heterocycles. The lowest BCUT2D eigenvalue weighted by molar-refractivity contribution is -0.384. The van der Waals surface area contributed by atoms with E-state index in [2.05, 4.69) is 17.1 Å². The molecular weight excluding hydrogens is 366 g/mol. The number of phenolic OH excluding ortho intramolecular Hbond substituents is 1. The van der Waals surface area contributed by atoms with Crippen LogP contribution in [0, 0.1) is 10.1 Å². The minimum Gasteiger partial charge on any atom is -0.507 e. The Morgan fingerprint density at radius 2 is 2.11 bits per heavy atom. The van der Waals surface area contributed by atoms with Crippen molar-refractivity contribution in [3.05, 3.63) is 70.3 Å². The molecule has 0 atom stereocenters. The molecule has 0 unspecified atom stereocenters. The number of hydrazone groups is 1. The van der Waals surface area contributed by atoms with Crippen LogP contribution in [0.4, 0.5) is 5.69 Å². The third-order valence-corrected chi connectivity index (χ3v) is 3.58. The summed E-state index contributed by atoms with van der Waals surface area (Å²) in [5.41, 5.74) is 3.09. The molecular formula is C19H19N3O6. The first-order chi connectivity index (χ1) is 13.4. The number of non-ortho nitro benzene ring substituents is 1. The van der Waals surface area contributed by atoms with Gasteiger partial charge in [0.25, 0.3) is 11.6 Å². The Morgan fingerprint density at radius 3 is 2.79 bits per heavy atom. The highest BCUT2D eigenvalue weighted by Gasteiger charge is 2.10. The molecule has 0 spiro atoms. The van der Waals surface area contributed by atoms with Crippen LogP contribution in [0.15, 0.2) is 54.2 Å². The first-order valence-corrected chi connectivity index (χ1v) is 8.14. The van der Waals surface area contributed by atoms with Crippen molar-refractivity contribution in [3.8, 4) is 17.2 Å². The van der Waals surface area contributed by atoms with Crippen molar-refractivity contribution in [1.82, 2.24) is 5.43 Å². The van der Waals surface area contributed by atoms with Gasteiger partial charge in [0.1, 0.15) is 5.75 Å². The molecule has 2 rings (SSSR count). The Labute approximate surface area is 161 Å². The minimum atomic E-state index is -0.600. The number of allylic oxidation sites excluding steroid dienone is 1. The molecule has 0 fully saturated rings. The molecule has 0 bridgehead atoms. The van der Waals surface area contributed by atoms with Gasteiger partial charge in [-0.15, -0.1) is 6.58 Å². The predicted octanol–water partition coefficient (Wildman–Crippen LogP) is 2.57. The monoisotopic (exact) mass is 385 g/mol. The Hall–Kier alpha value is -3.88. The molecule has 2 N–H and O–H groups in total. The number of rotatable bonds is 9. The topological polar surface area (TPSA) is 123 Å². The number of nitro benzene ring substituents is 1. The molecule has 0 radical (unpaired) electrons. The number of carbonyl (C=O) groups excluding carboxylic acids is 1. The average Bonchev–Trinajstić information content (AvgIpc) is 2.68. The number of aromatic hydroxyl groups is 1. The third kappa shape index (κ3) is 5.56. The van der Waals surface area contributed by atoms with Gasteiger partial charge in [-0.3, -0.25) is 14.9 Å². The number of hydrogen-bond acceptors (Lipinski definition) is 7. The maximum atomic E-state index is 11.9. The number of nitrogens with one attached hydrogen (secondary N) is 1. The summed E-state index contributed by atoms with van der Waals surface area (Å²) >= 11 is 0. The van der Waals surface area contributed by atoms with Gasteiger partial charge in [0, 0.05) is 17.7 Å². The Bertz CT molecular complexity index is 911. The van der Waals surface area contributed by atoms with Crippen LogP contribution >= 0.6 is 0 Å². The van der Waals surface area contributed by atoms with Crippen molar-refractivity contribution in [2.45, 2.75) is 6.42 Å². The fourth-order valence-corrected chi connectivity index (χ4v) is 2.23. The summed E-state index contributed by atoms with van der Waals surface area (Å²) in [5, 5.41) is 24.1. The van der Waals surface area contributed by atoms with Gasteiger partial charge in [-0.05, 0) is 30.2 Å². The van der Waals surface area contributed by atoms with Gasteiger partial charge in [-0.2, -0.15) is 5.10 Å². The number of carbonyl (C=O) groups is 1. The number of phenols is 1. The second-order valence-electron chi connectivity index (χ2n) is 5.56. The van der Waals surface area contributed by atoms with Crippen LogP contribution in [0.25, 0.3) is 0 Å². The maximum absolute atomic E-state index is 11.9. The van der Waals surface area contributed by atoms with Crippen LogP contribution in [0.5, 0.6) is 17.2 Å². The largest absolute Gasteiger partial charge is 0.507 e. The van der Waals surface area contributed by atoms with E-state index in [0.29, 0.717) is 17.9 Å². The van der Waals surface area contributed by atoms with Gasteiger partial charge in [0.15, 0.2) is 18.1 Å². The summed E-state index contributed by atoms with van der Waals surface area (Å²) in [7, 11) is 1.50. The zero-order valence-electron chi connectivity index (χ0n) is 15.1. The van der Waals surface area contributed by atoms with Crippen LogP contribution in [-0.4, -0.2) is 35.9 Å². The van der Waals surface area contributed by atoms with Gasteiger partial charge in [-0.1, -0.05) is 12.1 Å². The number of benzene rings is 2. The summed E-state index contributed by atoms with van der Waals surface area (Å²) in [6.07, 6.45) is 3.54. The zero-order chi connectivity index (χ0) is 20.5. The molecule has 0 saturated heterocycles. The molecule has 2 aromatic carbocycles. The van der Waals surface area contributed by atoms with Crippen molar-refractivity contribution >= 4 is 17.8 Å². The Balaban J connectivity index is 1.94. The number of nitrogens with zero attached hydrogens (tertiary/aromatic N) is 2. The lowest BCUT2D eigenvalue weighted by Gasteiger charge is -2.11. The lowest BCUT2D eigenvalue weighted by atomic mass is 10.1. The first kappa shape index (κ1) is 20.4. The van der Waals surface area contributed by atoms with E-state index >= 15 is 0 Å². The molecule has 0 saturated carbocycles. The van der Waals surface area contributed by atoms with E-state index in [1.807, 2.05) is 6.07 Å². The van der Waals surface area contributed by atoms with E-state index in [-0.39, 0.29) is 23.6 Å². The third-order valence-electron chi connectivity index (χ3n) is 3.58. The lowest BCUT2D eigenvalue weighted by Crippen LogP contribution is -2.24. The summed E-state index contributed by atoms with van der Waals surface area (Å²) in [5.74, 6) is 0.116. The zero-order valence-corrected chi connectivity index (χ0v) is 15.1. The maximum Gasteiger partial charge on any atom is 0.277 e. The summed E-state index contributed by atoms with van der Waals surface area (Å²) in [6, 6.07) is 8.78. The van der Waals surface area contributed by atoms with Crippen LogP contribution in [0.2, 0.25) is 0 Å². The molecule has 0 aliphatic carbocycles. The van der Waals surface area contributed by atoms with E-state index in [1.54, 1.807) is 18.2 Å². The minimum absolute atomic E-state index is 0.0925. The molecule has 9 nitrogen and oxygen atoms in total. The van der Waals surface area contributed by atoms with Gasteiger partial charge in [0.2, 0.25) is 0 Å². The smallest absolute Gasteiger partial charge is 0.277 e. The Kier molecular flexibility index (Phi) is 7.09. The highest BCUT2D eigenvalue weighted by Crippen LogP contribution is 2.28. The molecule has 146 valence electrons. The second kappa shape index (κ2) is 9.72. The van der Waals surface area contributed by atoms with Crippen LogP contribution in [0.3, 0.4) is 0 Å². The molecule has 1 amide bonds. The fraction of sp³-hybridized carbons (Fsp3) is 0.158. The van der Waals surface area contributed by atoms with Crippen LogP contribution in [-0.2, 0) is 11.2 Å². The standard InChI is InChI=1S/C19H19N3O6/c1-3-4-13-5-8-17(18(9-13)27-2)28-12-19(24)21-20-11-14-10-15(22(25)26)6-7-16(14)23/h3,5-11,23H,1,4,12H2,2H3,(H,21,24)/b20-11-. The fourth-order valence-electron chi connectivity index (χ4n) is 2.23. The molecule has 0 heterocycles. The van der Waals surface area contributed by atoms with Crippen molar-refractivity contribution in [1.29, 1.82) is 0 Å². The highest BCUT2D eigenvalue weighted by atomic mass is 16.6. The number of ether oxygens (including phenoxy) is 2. The number of amides is 1. The normalized spacial score (nSPS) is 10.5. The van der Waals surface area contributed by atoms with Crippen molar-refractivity contribution in [3.63, 3.8) is 0 Å². The van der Waals surface area contributed by atoms with Gasteiger partial charge >= 0.3 is 0 Å². The van der Waals surface area contributed by atoms with E-state index in [0.717, 1.165) is 23.9 Å². The van der Waals surface area contributed by atoms with Gasteiger partial charge < -0.3 is 14.6 Å². The second-order valence-corrected chi connectivity index (χ2v) is 5.56. The molecule has 0 aliphatic rings. The predicted molar refractivity (Wildman–Crippen MR) is 103 cm³/mol. The van der Waals surface area contributed by atoms with E-state index in [9.17, 15) is 20.0 Å². The van der Waals surface area contributed by atoms with Gasteiger partial charge in [0.05, 0.1) is 18.2 Å². The van der Waals surface area contributed by atoms with Crippen LogP contribution < -0.4 is 14.9 Å². The van der Waals surface area contributed by atoms with E-state index in [4.69, 9.17) is 9.47 Å². The Morgan fingerprint density at radius 1 is 1.32 bits per heavy atom. The summed E-state index contributed by atoms with van der Waals surface area (Å²) in [4.78, 5) is 22.0. The van der Waals surface area contributed by atoms with Crippen molar-refractivity contribution in [2.24, 2.45) is 5.10 Å². The molecule has 0 aliphatic heterocycles. The van der Waals surface area contributed by atoms with Crippen molar-refractivity contribution in [2.75, 3.05) is 13.7 Å². The number of nitro groups is 1. The summed E-state index contributed by atoms with van der Waals surface area (Å²) in [6.45, 7) is 3.35. The molecule has 2 aromatic rings. The van der Waals surface area contributed by atoms with E-state index in [1.165, 1.54) is 13.2 Å². The first-order valence-electron chi connectivity index (χ1n) is 8.14. The average molecular weight is 385 g/mol. The molecule has 9 heteroatoms. The SMILES string of the molecule is C=CCc1ccc(OCC(=O)N/N=C\c2cc([N+](=O)[O-])ccc2O)c(OC)c1. The van der Waals surface area contributed by atoms with Crippen LogP contribution in [0.1, 0.15) is 11.1 Å². The number of methoxy groups -OCH3 is 1.